The molecule has 0 aliphatic heterocycles. The summed E-state index contributed by atoms with van der Waals surface area (Å²) in [7, 11) is 0. The second-order valence-electron chi connectivity index (χ2n) is 17.8. The molecule has 0 amide bonds. The number of aryl methyl sites for hydroxylation is 3. The summed E-state index contributed by atoms with van der Waals surface area (Å²) in [6.45, 7) is 27.2. The van der Waals surface area contributed by atoms with Crippen LogP contribution >= 0.6 is 0 Å². The Balaban J connectivity index is 0.000000312. The van der Waals surface area contributed by atoms with Crippen LogP contribution in [-0.2, 0) is 65.7 Å². The number of halogens is 8. The zero-order chi connectivity index (χ0) is 42.2. The van der Waals surface area contributed by atoms with E-state index in [-0.39, 0.29) is 46.8 Å². The maximum atomic E-state index is 12.7. The van der Waals surface area contributed by atoms with Gasteiger partial charge in [-0.3, -0.25) is 0 Å². The van der Waals surface area contributed by atoms with Gasteiger partial charge in [0.05, 0.1) is 0 Å². The maximum absolute atomic E-state index is 12.7. The summed E-state index contributed by atoms with van der Waals surface area (Å²) in [5.74, 6) is 0. The van der Waals surface area contributed by atoms with Crippen molar-refractivity contribution < 1.29 is 75.4 Å². The molecule has 312 valence electrons. The standard InChI is InChI=1S/C23H29.C15H8F6.C11H17.2ClH.Zr/c1-14-9-16-11-17-10-15(2)21(23(6,7)8)13-19(17)18(16)12-20(14)22(3,4)5;16-14(17,18)12-5-1-3-10(8-12)7-11-4-2-6-13(9-11)15(19,20)21;1-5-9-6-7-10(8-9)11(2,3)4;;;/h9,12-13H,11H2,1-8H3;1-6,8-9H;6-8H,5H2,1-4H3;2*1H;/q-1;;-1;;;+2/p-2. The van der Waals surface area contributed by atoms with Crippen LogP contribution in [0.3, 0.4) is 0 Å². The van der Waals surface area contributed by atoms with E-state index in [0.29, 0.717) is 8.62 Å². The number of benzene rings is 4. The summed E-state index contributed by atoms with van der Waals surface area (Å²) >= 11 is 0.729. The van der Waals surface area contributed by atoms with Crippen LogP contribution in [0.15, 0.2) is 84.9 Å². The molecule has 0 fully saturated rings. The molecule has 0 heterocycles. The molecular formula is C49H54Cl2F6Zr-2. The third kappa shape index (κ3) is 12.8. The molecule has 0 unspecified atom stereocenters. The molecule has 5 aromatic carbocycles. The zero-order valence-corrected chi connectivity index (χ0v) is 39.5. The molecular weight excluding hydrogens is 865 g/mol. The van der Waals surface area contributed by atoms with Gasteiger partial charge >= 0.3 is 137 Å². The van der Waals surface area contributed by atoms with E-state index in [1.54, 1.807) is 0 Å². The molecule has 0 saturated carbocycles. The maximum Gasteiger partial charge on any atom is -1.00 e. The molecule has 58 heavy (non-hydrogen) atoms. The summed E-state index contributed by atoms with van der Waals surface area (Å²) in [5, 5.41) is 0. The van der Waals surface area contributed by atoms with Gasteiger partial charge in [0.2, 0.25) is 0 Å². The van der Waals surface area contributed by atoms with Crippen molar-refractivity contribution in [3.63, 3.8) is 0 Å². The summed E-state index contributed by atoms with van der Waals surface area (Å²) in [5.41, 5.74) is 13.7. The molecule has 0 spiro atoms. The first-order chi connectivity index (χ1) is 25.6. The molecule has 0 nitrogen and oxygen atoms in total. The fourth-order valence-corrected chi connectivity index (χ4v) is 7.83. The Morgan fingerprint density at radius 2 is 1.12 bits per heavy atom. The van der Waals surface area contributed by atoms with Crippen molar-refractivity contribution >= 4 is 3.21 Å². The Kier molecular flexibility index (Phi) is 17.0. The Morgan fingerprint density at radius 3 is 1.52 bits per heavy atom. The van der Waals surface area contributed by atoms with E-state index >= 15 is 0 Å². The molecule has 9 heteroatoms. The SMILES string of the molecule is CCc1cc(C(C)(C)C)c[cH-]1.Cc1[c-]c2c(cc1C(C)(C)C)-c1cc(C(C)(C)C)c(C)cc1C2.FC(F)(F)c1cccc([C](=[Zr+2])c2cccc(C(F)(F)F)c2)c1.[Cl-].[Cl-]. The Hall–Kier alpha value is -2.86. The van der Waals surface area contributed by atoms with E-state index in [0.717, 1.165) is 61.3 Å². The molecule has 0 N–H and O–H groups in total. The fraction of sp³-hybridized carbons (Fsp3) is 0.388. The second-order valence-corrected chi connectivity index (χ2v) is 19.1. The van der Waals surface area contributed by atoms with Crippen molar-refractivity contribution in [1.82, 2.24) is 0 Å². The monoisotopic (exact) mass is 916 g/mol. The normalized spacial score (nSPS) is 12.5. The number of rotatable bonds is 3. The van der Waals surface area contributed by atoms with Crippen LogP contribution in [0.4, 0.5) is 26.3 Å². The third-order valence-electron chi connectivity index (χ3n) is 10.1. The van der Waals surface area contributed by atoms with Crippen molar-refractivity contribution in [2.75, 3.05) is 0 Å². The summed E-state index contributed by atoms with van der Waals surface area (Å²) in [6, 6.07) is 26.9. The average molecular weight is 919 g/mol. The smallest absolute Gasteiger partial charge is 1.00 e. The molecule has 0 saturated heterocycles. The quantitative estimate of drug-likeness (QED) is 0.124. The van der Waals surface area contributed by atoms with Gasteiger partial charge in [0.1, 0.15) is 0 Å². The van der Waals surface area contributed by atoms with Gasteiger partial charge < -0.3 is 24.8 Å². The van der Waals surface area contributed by atoms with E-state index in [2.05, 4.69) is 126 Å². The third-order valence-corrected chi connectivity index (χ3v) is 11.5. The van der Waals surface area contributed by atoms with E-state index in [1.165, 1.54) is 79.9 Å². The van der Waals surface area contributed by atoms with E-state index < -0.39 is 23.5 Å². The Labute approximate surface area is 369 Å². The van der Waals surface area contributed by atoms with Crippen LogP contribution in [-0.4, -0.2) is 3.21 Å². The second kappa shape index (κ2) is 19.2. The first-order valence-corrected chi connectivity index (χ1v) is 20.2. The van der Waals surface area contributed by atoms with Crippen molar-refractivity contribution in [2.24, 2.45) is 0 Å². The number of hydrogen-bond acceptors (Lipinski definition) is 0. The fourth-order valence-electron chi connectivity index (χ4n) is 7.07. The van der Waals surface area contributed by atoms with Gasteiger partial charge in [-0.1, -0.05) is 111 Å². The number of alkyl halides is 6. The Morgan fingerprint density at radius 1 is 0.638 bits per heavy atom. The molecule has 1 aliphatic rings. The first kappa shape index (κ1) is 51.3. The molecule has 6 rings (SSSR count). The van der Waals surface area contributed by atoms with Crippen molar-refractivity contribution in [3.8, 4) is 11.1 Å². The summed E-state index contributed by atoms with van der Waals surface area (Å²) < 4.78 is 76.7. The van der Waals surface area contributed by atoms with Crippen molar-refractivity contribution in [2.45, 2.75) is 125 Å². The largest absolute Gasteiger partial charge is 1.00 e. The van der Waals surface area contributed by atoms with Crippen LogP contribution < -0.4 is 24.8 Å². The molecule has 0 aromatic heterocycles. The van der Waals surface area contributed by atoms with Gasteiger partial charge in [0, 0.05) is 0 Å². The minimum absolute atomic E-state index is 0. The van der Waals surface area contributed by atoms with Gasteiger partial charge in [-0.25, -0.2) is 6.07 Å². The van der Waals surface area contributed by atoms with Crippen LogP contribution in [0.1, 0.15) is 136 Å². The van der Waals surface area contributed by atoms with E-state index in [1.807, 2.05) is 0 Å². The Bertz CT molecular complexity index is 2060. The van der Waals surface area contributed by atoms with Crippen LogP contribution in [0.2, 0.25) is 0 Å². The zero-order valence-electron chi connectivity index (χ0n) is 35.5. The minimum atomic E-state index is -4.49. The summed E-state index contributed by atoms with van der Waals surface area (Å²) in [4.78, 5) is 0. The summed E-state index contributed by atoms with van der Waals surface area (Å²) in [6.07, 6.45) is -6.79. The molecule has 0 bridgehead atoms. The van der Waals surface area contributed by atoms with Crippen LogP contribution in [0.25, 0.3) is 11.1 Å². The predicted molar refractivity (Wildman–Crippen MR) is 217 cm³/mol. The number of fused-ring (bicyclic) bond motifs is 3. The average Bonchev–Trinajstić information content (AvgIpc) is 3.71. The number of hydrogen-bond donors (Lipinski definition) is 0. The van der Waals surface area contributed by atoms with Gasteiger partial charge in [-0.2, -0.15) is 41.0 Å². The minimum Gasteiger partial charge on any atom is -1.00 e. The van der Waals surface area contributed by atoms with Gasteiger partial charge in [-0.15, -0.1) is 16.7 Å². The molecule has 1 aliphatic carbocycles. The van der Waals surface area contributed by atoms with Crippen LogP contribution in [0.5, 0.6) is 0 Å². The predicted octanol–water partition coefficient (Wildman–Crippen LogP) is 8.38. The molecule has 0 radical (unpaired) electrons. The van der Waals surface area contributed by atoms with Crippen LogP contribution in [0, 0.1) is 19.9 Å². The van der Waals surface area contributed by atoms with Crippen molar-refractivity contribution in [1.29, 1.82) is 0 Å². The van der Waals surface area contributed by atoms with E-state index in [9.17, 15) is 26.3 Å². The van der Waals surface area contributed by atoms with Gasteiger partial charge in [0.15, 0.2) is 0 Å². The molecule has 0 atom stereocenters. The van der Waals surface area contributed by atoms with Gasteiger partial charge in [0.25, 0.3) is 0 Å². The van der Waals surface area contributed by atoms with E-state index in [4.69, 9.17) is 0 Å². The first-order valence-electron chi connectivity index (χ1n) is 19.0. The van der Waals surface area contributed by atoms with Gasteiger partial charge in [-0.05, 0) is 35.4 Å². The van der Waals surface area contributed by atoms with Crippen molar-refractivity contribution in [3.05, 3.63) is 158 Å². The molecule has 5 aromatic rings. The topological polar surface area (TPSA) is 0 Å².